The number of benzene rings is 1. The smallest absolute Gasteiger partial charge is 0.0701 e. The van der Waals surface area contributed by atoms with Crippen molar-refractivity contribution in [3.8, 4) is 0 Å². The SMILES string of the molecule is COCCOCCNc1ccccc1. The molecule has 1 N–H and O–H groups in total. The summed E-state index contributed by atoms with van der Waals surface area (Å²) in [5, 5.41) is 3.26. The maximum Gasteiger partial charge on any atom is 0.0701 e. The summed E-state index contributed by atoms with van der Waals surface area (Å²) < 4.78 is 10.2. The molecule has 0 saturated carbocycles. The first-order valence-corrected chi connectivity index (χ1v) is 4.79. The molecule has 78 valence electrons. The van der Waals surface area contributed by atoms with E-state index in [4.69, 9.17) is 9.47 Å². The van der Waals surface area contributed by atoms with Gasteiger partial charge in [0.25, 0.3) is 0 Å². The van der Waals surface area contributed by atoms with Gasteiger partial charge in [0.05, 0.1) is 19.8 Å². The molecule has 0 unspecified atom stereocenters. The van der Waals surface area contributed by atoms with Gasteiger partial charge in [0.1, 0.15) is 0 Å². The van der Waals surface area contributed by atoms with E-state index in [0.29, 0.717) is 19.8 Å². The lowest BCUT2D eigenvalue weighted by Gasteiger charge is -2.06. The fourth-order valence-electron chi connectivity index (χ4n) is 1.07. The number of ether oxygens (including phenoxy) is 2. The van der Waals surface area contributed by atoms with Crippen LogP contribution in [-0.2, 0) is 9.47 Å². The molecule has 0 fully saturated rings. The van der Waals surface area contributed by atoms with E-state index in [0.717, 1.165) is 12.2 Å². The maximum atomic E-state index is 5.31. The van der Waals surface area contributed by atoms with Crippen molar-refractivity contribution in [3.05, 3.63) is 30.3 Å². The lowest BCUT2D eigenvalue weighted by molar-refractivity contribution is 0.0759. The van der Waals surface area contributed by atoms with Crippen LogP contribution in [-0.4, -0.2) is 33.5 Å². The number of methoxy groups -OCH3 is 1. The molecule has 0 amide bonds. The molecular formula is C11H17NO2. The van der Waals surface area contributed by atoms with Crippen molar-refractivity contribution in [2.75, 3.05) is 38.8 Å². The van der Waals surface area contributed by atoms with Crippen molar-refractivity contribution in [2.24, 2.45) is 0 Å². The molecule has 14 heavy (non-hydrogen) atoms. The number of nitrogens with one attached hydrogen (secondary N) is 1. The highest BCUT2D eigenvalue weighted by Crippen LogP contribution is 2.03. The third kappa shape index (κ3) is 4.84. The Morgan fingerprint density at radius 1 is 1.07 bits per heavy atom. The average molecular weight is 195 g/mol. The third-order valence-electron chi connectivity index (χ3n) is 1.78. The van der Waals surface area contributed by atoms with Gasteiger partial charge in [0.15, 0.2) is 0 Å². The van der Waals surface area contributed by atoms with Gasteiger partial charge in [-0.3, -0.25) is 0 Å². The van der Waals surface area contributed by atoms with Crippen molar-refractivity contribution in [2.45, 2.75) is 0 Å². The molecule has 0 heterocycles. The van der Waals surface area contributed by atoms with Gasteiger partial charge in [-0.1, -0.05) is 18.2 Å². The van der Waals surface area contributed by atoms with Crippen LogP contribution in [0.15, 0.2) is 30.3 Å². The molecule has 3 heteroatoms. The molecule has 0 bridgehead atoms. The Balaban J connectivity index is 1.99. The summed E-state index contributed by atoms with van der Waals surface area (Å²) in [5.74, 6) is 0. The Morgan fingerprint density at radius 3 is 2.57 bits per heavy atom. The highest BCUT2D eigenvalue weighted by molar-refractivity contribution is 5.42. The van der Waals surface area contributed by atoms with E-state index in [1.807, 2.05) is 30.3 Å². The second-order valence-corrected chi connectivity index (χ2v) is 2.90. The van der Waals surface area contributed by atoms with Gasteiger partial charge in [0, 0.05) is 19.3 Å². The van der Waals surface area contributed by atoms with Crippen molar-refractivity contribution >= 4 is 5.69 Å². The van der Waals surface area contributed by atoms with E-state index < -0.39 is 0 Å². The van der Waals surface area contributed by atoms with Gasteiger partial charge in [-0.2, -0.15) is 0 Å². The molecule has 1 aromatic carbocycles. The largest absolute Gasteiger partial charge is 0.383 e. The standard InChI is InChI=1S/C11H17NO2/c1-13-9-10-14-8-7-12-11-5-3-2-4-6-11/h2-6,12H,7-10H2,1H3. The maximum absolute atomic E-state index is 5.31. The van der Waals surface area contributed by atoms with Crippen molar-refractivity contribution in [3.63, 3.8) is 0 Å². The van der Waals surface area contributed by atoms with Crippen LogP contribution in [0.5, 0.6) is 0 Å². The highest BCUT2D eigenvalue weighted by atomic mass is 16.5. The van der Waals surface area contributed by atoms with E-state index in [1.54, 1.807) is 7.11 Å². The topological polar surface area (TPSA) is 30.5 Å². The molecule has 0 atom stereocenters. The van der Waals surface area contributed by atoms with Crippen molar-refractivity contribution < 1.29 is 9.47 Å². The van der Waals surface area contributed by atoms with Gasteiger partial charge in [0.2, 0.25) is 0 Å². The molecule has 3 nitrogen and oxygen atoms in total. The molecule has 0 radical (unpaired) electrons. The van der Waals surface area contributed by atoms with E-state index in [2.05, 4.69) is 5.32 Å². The highest BCUT2D eigenvalue weighted by Gasteiger charge is 1.89. The lowest BCUT2D eigenvalue weighted by Crippen LogP contribution is -2.11. The molecule has 0 aliphatic rings. The van der Waals surface area contributed by atoms with E-state index in [9.17, 15) is 0 Å². The van der Waals surface area contributed by atoms with Gasteiger partial charge in [-0.05, 0) is 12.1 Å². The van der Waals surface area contributed by atoms with Crippen LogP contribution in [0.25, 0.3) is 0 Å². The quantitative estimate of drug-likeness (QED) is 0.672. The monoisotopic (exact) mass is 195 g/mol. The first kappa shape index (κ1) is 11.0. The Kier molecular flexibility index (Phi) is 5.79. The molecule has 1 aromatic rings. The van der Waals surface area contributed by atoms with Crippen molar-refractivity contribution in [1.29, 1.82) is 0 Å². The molecule has 0 spiro atoms. The summed E-state index contributed by atoms with van der Waals surface area (Å²) in [6, 6.07) is 10.1. The number of anilines is 1. The van der Waals surface area contributed by atoms with Crippen molar-refractivity contribution in [1.82, 2.24) is 0 Å². The van der Waals surface area contributed by atoms with Gasteiger partial charge in [-0.25, -0.2) is 0 Å². The van der Waals surface area contributed by atoms with E-state index >= 15 is 0 Å². The minimum Gasteiger partial charge on any atom is -0.383 e. The van der Waals surface area contributed by atoms with E-state index in [-0.39, 0.29) is 0 Å². The summed E-state index contributed by atoms with van der Waals surface area (Å²) in [6.45, 7) is 2.85. The molecule has 0 aromatic heterocycles. The zero-order chi connectivity index (χ0) is 10.1. The number of para-hydroxylation sites is 1. The fourth-order valence-corrected chi connectivity index (χ4v) is 1.07. The lowest BCUT2D eigenvalue weighted by atomic mass is 10.3. The van der Waals surface area contributed by atoms with Crippen LogP contribution >= 0.6 is 0 Å². The van der Waals surface area contributed by atoms with Gasteiger partial charge in [-0.15, -0.1) is 0 Å². The third-order valence-corrected chi connectivity index (χ3v) is 1.78. The summed E-state index contributed by atoms with van der Waals surface area (Å²) in [6.07, 6.45) is 0. The Morgan fingerprint density at radius 2 is 1.86 bits per heavy atom. The van der Waals surface area contributed by atoms with Crippen LogP contribution < -0.4 is 5.32 Å². The normalized spacial score (nSPS) is 10.1. The summed E-state index contributed by atoms with van der Waals surface area (Å²) in [7, 11) is 1.67. The summed E-state index contributed by atoms with van der Waals surface area (Å²) in [5.41, 5.74) is 1.13. The van der Waals surface area contributed by atoms with Gasteiger partial charge >= 0.3 is 0 Å². The zero-order valence-electron chi connectivity index (χ0n) is 8.53. The summed E-state index contributed by atoms with van der Waals surface area (Å²) in [4.78, 5) is 0. The second-order valence-electron chi connectivity index (χ2n) is 2.90. The van der Waals surface area contributed by atoms with Crippen LogP contribution in [0.2, 0.25) is 0 Å². The first-order chi connectivity index (χ1) is 6.93. The van der Waals surface area contributed by atoms with Crippen LogP contribution in [0.4, 0.5) is 5.69 Å². The van der Waals surface area contributed by atoms with Gasteiger partial charge < -0.3 is 14.8 Å². The Hall–Kier alpha value is -1.06. The molecule has 0 aliphatic heterocycles. The molecular weight excluding hydrogens is 178 g/mol. The summed E-state index contributed by atoms with van der Waals surface area (Å²) >= 11 is 0. The second kappa shape index (κ2) is 7.35. The Labute approximate surface area is 85.0 Å². The zero-order valence-corrected chi connectivity index (χ0v) is 8.53. The first-order valence-electron chi connectivity index (χ1n) is 4.79. The predicted molar refractivity (Wildman–Crippen MR) is 57.6 cm³/mol. The number of hydrogen-bond acceptors (Lipinski definition) is 3. The van der Waals surface area contributed by atoms with Crippen LogP contribution in [0.1, 0.15) is 0 Å². The molecule has 0 aliphatic carbocycles. The van der Waals surface area contributed by atoms with Crippen LogP contribution in [0, 0.1) is 0 Å². The van der Waals surface area contributed by atoms with Crippen LogP contribution in [0.3, 0.4) is 0 Å². The molecule has 1 rings (SSSR count). The average Bonchev–Trinajstić information content (AvgIpc) is 2.25. The predicted octanol–water partition coefficient (Wildman–Crippen LogP) is 1.76. The minimum atomic E-state index is 0.658. The minimum absolute atomic E-state index is 0.658. The fraction of sp³-hybridized carbons (Fsp3) is 0.455. The number of rotatable bonds is 7. The number of hydrogen-bond donors (Lipinski definition) is 1. The molecule has 0 saturated heterocycles. The van der Waals surface area contributed by atoms with E-state index in [1.165, 1.54) is 0 Å². The Bertz CT molecular complexity index is 226.